The van der Waals surface area contributed by atoms with E-state index in [1.54, 1.807) is 0 Å². The van der Waals surface area contributed by atoms with Gasteiger partial charge in [-0.2, -0.15) is 0 Å². The SMILES string of the molecule is CCc1ccc(CNCC2(CO)CC2)cc1. The Morgan fingerprint density at radius 1 is 1.19 bits per heavy atom. The number of aryl methyl sites for hydroxylation is 1. The predicted octanol–water partition coefficient (Wildman–Crippen LogP) is 2.11. The lowest BCUT2D eigenvalue weighted by atomic mass is 10.1. The maximum Gasteiger partial charge on any atom is 0.0499 e. The number of hydrogen-bond acceptors (Lipinski definition) is 2. The molecule has 1 fully saturated rings. The van der Waals surface area contributed by atoms with Gasteiger partial charge in [-0.25, -0.2) is 0 Å². The van der Waals surface area contributed by atoms with Crippen LogP contribution in [0, 0.1) is 5.41 Å². The van der Waals surface area contributed by atoms with E-state index in [2.05, 4.69) is 36.5 Å². The van der Waals surface area contributed by atoms with Crippen LogP contribution in [-0.4, -0.2) is 18.3 Å². The lowest BCUT2D eigenvalue weighted by Gasteiger charge is -2.12. The molecule has 2 N–H and O–H groups in total. The summed E-state index contributed by atoms with van der Waals surface area (Å²) >= 11 is 0. The van der Waals surface area contributed by atoms with Gasteiger partial charge < -0.3 is 10.4 Å². The Morgan fingerprint density at radius 3 is 2.31 bits per heavy atom. The summed E-state index contributed by atoms with van der Waals surface area (Å²) in [6, 6.07) is 8.75. The standard InChI is InChI=1S/C14H21NO/c1-2-12-3-5-13(6-4-12)9-15-10-14(11-16)7-8-14/h3-6,15-16H,2,7-11H2,1H3. The van der Waals surface area contributed by atoms with Crippen LogP contribution in [0.1, 0.15) is 30.9 Å². The molecule has 0 aliphatic heterocycles. The van der Waals surface area contributed by atoms with Gasteiger partial charge in [-0.15, -0.1) is 0 Å². The molecule has 0 unspecified atom stereocenters. The highest BCUT2D eigenvalue weighted by Crippen LogP contribution is 2.44. The molecule has 0 radical (unpaired) electrons. The number of rotatable bonds is 6. The van der Waals surface area contributed by atoms with Crippen LogP contribution in [0.2, 0.25) is 0 Å². The highest BCUT2D eigenvalue weighted by atomic mass is 16.3. The van der Waals surface area contributed by atoms with Gasteiger partial charge in [0.05, 0.1) is 0 Å². The zero-order chi connectivity index (χ0) is 11.4. The first kappa shape index (κ1) is 11.6. The van der Waals surface area contributed by atoms with Crippen molar-refractivity contribution in [3.63, 3.8) is 0 Å². The molecule has 1 saturated carbocycles. The lowest BCUT2D eigenvalue weighted by molar-refractivity contribution is 0.207. The number of nitrogens with one attached hydrogen (secondary N) is 1. The average molecular weight is 219 g/mol. The van der Waals surface area contributed by atoms with E-state index >= 15 is 0 Å². The fraction of sp³-hybridized carbons (Fsp3) is 0.571. The summed E-state index contributed by atoms with van der Waals surface area (Å²) in [4.78, 5) is 0. The number of benzene rings is 1. The highest BCUT2D eigenvalue weighted by molar-refractivity contribution is 5.22. The van der Waals surface area contributed by atoms with Crippen molar-refractivity contribution in [1.82, 2.24) is 5.32 Å². The molecule has 1 aliphatic rings. The van der Waals surface area contributed by atoms with Crippen molar-refractivity contribution in [2.24, 2.45) is 5.41 Å². The van der Waals surface area contributed by atoms with E-state index in [0.29, 0.717) is 6.61 Å². The normalized spacial score (nSPS) is 17.4. The van der Waals surface area contributed by atoms with Gasteiger partial charge in [0.25, 0.3) is 0 Å². The van der Waals surface area contributed by atoms with Crippen LogP contribution < -0.4 is 5.32 Å². The van der Waals surface area contributed by atoms with E-state index in [1.165, 1.54) is 24.0 Å². The second-order valence-electron chi connectivity index (χ2n) is 4.93. The van der Waals surface area contributed by atoms with Crippen molar-refractivity contribution in [3.05, 3.63) is 35.4 Å². The minimum atomic E-state index is 0.212. The summed E-state index contributed by atoms with van der Waals surface area (Å²) in [6.45, 7) is 4.35. The second kappa shape index (κ2) is 4.98. The van der Waals surface area contributed by atoms with Crippen LogP contribution in [0.3, 0.4) is 0 Å². The number of hydrogen-bond donors (Lipinski definition) is 2. The third kappa shape index (κ3) is 2.83. The third-order valence-electron chi connectivity index (χ3n) is 3.55. The minimum absolute atomic E-state index is 0.212. The molecule has 2 heteroatoms. The van der Waals surface area contributed by atoms with Crippen molar-refractivity contribution in [2.75, 3.05) is 13.2 Å². The molecule has 0 amide bonds. The Labute approximate surface area is 97.7 Å². The molecule has 16 heavy (non-hydrogen) atoms. The molecule has 88 valence electrons. The van der Waals surface area contributed by atoms with Crippen molar-refractivity contribution >= 4 is 0 Å². The van der Waals surface area contributed by atoms with E-state index in [9.17, 15) is 5.11 Å². The van der Waals surface area contributed by atoms with E-state index in [4.69, 9.17) is 0 Å². The number of aliphatic hydroxyl groups is 1. The fourth-order valence-electron chi connectivity index (χ4n) is 1.93. The first-order valence-corrected chi connectivity index (χ1v) is 6.17. The summed E-state index contributed by atoms with van der Waals surface area (Å²) in [5.74, 6) is 0. The lowest BCUT2D eigenvalue weighted by Crippen LogP contribution is -2.26. The van der Waals surface area contributed by atoms with Crippen molar-refractivity contribution < 1.29 is 5.11 Å². The monoisotopic (exact) mass is 219 g/mol. The smallest absolute Gasteiger partial charge is 0.0499 e. The molecular weight excluding hydrogens is 198 g/mol. The third-order valence-corrected chi connectivity index (χ3v) is 3.55. The van der Waals surface area contributed by atoms with E-state index in [1.807, 2.05) is 0 Å². The summed E-state index contributed by atoms with van der Waals surface area (Å²) in [5, 5.41) is 12.6. The molecule has 2 rings (SSSR count). The van der Waals surface area contributed by atoms with Crippen LogP contribution in [0.5, 0.6) is 0 Å². The molecule has 1 aromatic carbocycles. The van der Waals surface area contributed by atoms with Gasteiger partial charge in [-0.1, -0.05) is 31.2 Å². The molecule has 0 heterocycles. The van der Waals surface area contributed by atoms with Gasteiger partial charge in [0, 0.05) is 25.1 Å². The van der Waals surface area contributed by atoms with Crippen LogP contribution in [-0.2, 0) is 13.0 Å². The Hall–Kier alpha value is -0.860. The molecule has 2 nitrogen and oxygen atoms in total. The largest absolute Gasteiger partial charge is 0.396 e. The highest BCUT2D eigenvalue weighted by Gasteiger charge is 2.41. The van der Waals surface area contributed by atoms with Crippen LogP contribution in [0.15, 0.2) is 24.3 Å². The van der Waals surface area contributed by atoms with Gasteiger partial charge in [0.2, 0.25) is 0 Å². The van der Waals surface area contributed by atoms with Gasteiger partial charge in [-0.05, 0) is 30.4 Å². The van der Waals surface area contributed by atoms with E-state index < -0.39 is 0 Å². The van der Waals surface area contributed by atoms with Crippen molar-refractivity contribution in [1.29, 1.82) is 0 Å². The van der Waals surface area contributed by atoms with Gasteiger partial charge in [-0.3, -0.25) is 0 Å². The van der Waals surface area contributed by atoms with Crippen LogP contribution in [0.25, 0.3) is 0 Å². The summed E-state index contributed by atoms with van der Waals surface area (Å²) in [6.07, 6.45) is 3.44. The van der Waals surface area contributed by atoms with Gasteiger partial charge >= 0.3 is 0 Å². The number of aliphatic hydroxyl groups excluding tert-OH is 1. The minimum Gasteiger partial charge on any atom is -0.396 e. The predicted molar refractivity (Wildman–Crippen MR) is 66.3 cm³/mol. The van der Waals surface area contributed by atoms with Gasteiger partial charge in [0.1, 0.15) is 0 Å². The zero-order valence-electron chi connectivity index (χ0n) is 10.00. The topological polar surface area (TPSA) is 32.3 Å². The molecule has 0 saturated heterocycles. The fourth-order valence-corrected chi connectivity index (χ4v) is 1.93. The van der Waals surface area contributed by atoms with Crippen LogP contribution in [0.4, 0.5) is 0 Å². The molecule has 1 aliphatic carbocycles. The summed E-state index contributed by atoms with van der Waals surface area (Å²) in [5.41, 5.74) is 2.92. The summed E-state index contributed by atoms with van der Waals surface area (Å²) < 4.78 is 0. The average Bonchev–Trinajstić information content (AvgIpc) is 3.11. The Morgan fingerprint density at radius 2 is 1.81 bits per heavy atom. The maximum absolute atomic E-state index is 9.18. The maximum atomic E-state index is 9.18. The first-order valence-electron chi connectivity index (χ1n) is 6.17. The Balaban J connectivity index is 1.76. The summed E-state index contributed by atoms with van der Waals surface area (Å²) in [7, 11) is 0. The first-order chi connectivity index (χ1) is 7.78. The Kier molecular flexibility index (Phi) is 3.62. The van der Waals surface area contributed by atoms with Crippen molar-refractivity contribution in [2.45, 2.75) is 32.7 Å². The van der Waals surface area contributed by atoms with E-state index in [-0.39, 0.29) is 5.41 Å². The second-order valence-corrected chi connectivity index (χ2v) is 4.93. The van der Waals surface area contributed by atoms with Crippen LogP contribution >= 0.6 is 0 Å². The molecule has 0 atom stereocenters. The molecular formula is C14H21NO. The van der Waals surface area contributed by atoms with Gasteiger partial charge in [0.15, 0.2) is 0 Å². The molecule has 1 aromatic rings. The quantitative estimate of drug-likeness (QED) is 0.768. The molecule has 0 aromatic heterocycles. The van der Waals surface area contributed by atoms with Crippen molar-refractivity contribution in [3.8, 4) is 0 Å². The molecule has 0 spiro atoms. The Bertz CT molecular complexity index is 327. The van der Waals surface area contributed by atoms with E-state index in [0.717, 1.165) is 19.5 Å². The zero-order valence-corrected chi connectivity index (χ0v) is 10.00. The molecule has 0 bridgehead atoms.